The van der Waals surface area contributed by atoms with Crippen LogP contribution in [0.15, 0.2) is 35.4 Å². The number of benzene rings is 1. The molecule has 3 N–H and O–H groups in total. The summed E-state index contributed by atoms with van der Waals surface area (Å²) < 4.78 is 28.5. The second-order valence-corrected chi connectivity index (χ2v) is 9.46. The second kappa shape index (κ2) is 8.00. The normalized spacial score (nSPS) is 16.0. The highest BCUT2D eigenvalue weighted by Gasteiger charge is 2.33. The van der Waals surface area contributed by atoms with Crippen molar-refractivity contribution in [3.8, 4) is 0 Å². The number of aromatic nitrogens is 1. The van der Waals surface area contributed by atoms with Gasteiger partial charge in [-0.1, -0.05) is 12.1 Å². The average molecular weight is 419 g/mol. The number of sulfonamides is 1. The average Bonchev–Trinajstić information content (AvgIpc) is 3.07. The number of hydrogen-bond donors (Lipinski definition) is 2. The van der Waals surface area contributed by atoms with Gasteiger partial charge in [0.25, 0.3) is 5.91 Å². The van der Waals surface area contributed by atoms with Crippen LogP contribution in [0.5, 0.6) is 0 Å². The Hall–Kier alpha value is -2.65. The molecule has 9 heteroatoms. The van der Waals surface area contributed by atoms with Crippen LogP contribution in [0.25, 0.3) is 0 Å². The van der Waals surface area contributed by atoms with Crippen molar-refractivity contribution < 1.29 is 18.0 Å². The molecule has 0 radical (unpaired) electrons. The first kappa shape index (κ1) is 21.1. The van der Waals surface area contributed by atoms with Gasteiger partial charge in [0.05, 0.1) is 0 Å². The van der Waals surface area contributed by atoms with Gasteiger partial charge in [0.1, 0.15) is 10.6 Å². The van der Waals surface area contributed by atoms with Crippen molar-refractivity contribution in [2.45, 2.75) is 31.6 Å². The minimum atomic E-state index is -3.74. The number of rotatable bonds is 5. The summed E-state index contributed by atoms with van der Waals surface area (Å²) in [7, 11) is -2.17. The van der Waals surface area contributed by atoms with Gasteiger partial charge in [-0.2, -0.15) is 4.31 Å². The van der Waals surface area contributed by atoms with Gasteiger partial charge in [-0.15, -0.1) is 0 Å². The molecule has 3 rings (SSSR count). The summed E-state index contributed by atoms with van der Waals surface area (Å²) in [5, 5.41) is 2.97. The lowest BCUT2D eigenvalue weighted by Gasteiger charge is -2.30. The fourth-order valence-electron chi connectivity index (χ4n) is 3.53. The largest absolute Gasteiger partial charge is 0.364 e. The number of nitrogens with two attached hydrogens (primary N) is 1. The molecule has 0 spiro atoms. The number of amides is 2. The molecule has 29 heavy (non-hydrogen) atoms. The third-order valence-electron chi connectivity index (χ3n) is 5.35. The molecule has 2 heterocycles. The Morgan fingerprint density at radius 3 is 2.38 bits per heavy atom. The highest BCUT2D eigenvalue weighted by molar-refractivity contribution is 7.89. The molecule has 1 saturated heterocycles. The van der Waals surface area contributed by atoms with Gasteiger partial charge in [0.2, 0.25) is 15.9 Å². The minimum absolute atomic E-state index is 0.0343. The van der Waals surface area contributed by atoms with E-state index in [2.05, 4.69) is 5.32 Å². The highest BCUT2D eigenvalue weighted by atomic mass is 32.2. The zero-order valence-electron chi connectivity index (χ0n) is 16.8. The van der Waals surface area contributed by atoms with Gasteiger partial charge in [0.15, 0.2) is 0 Å². The van der Waals surface area contributed by atoms with Crippen molar-refractivity contribution in [2.75, 3.05) is 18.4 Å². The topological polar surface area (TPSA) is 114 Å². The molecule has 1 fully saturated rings. The SMILES string of the molecule is Cc1ccc(C)c(NC(=O)C2CCN(S(=O)(=O)c3cc(C(N)=O)n(C)c3)CC2)c1. The molecule has 156 valence electrons. The standard InChI is InChI=1S/C20H26N4O4S/c1-13-4-5-14(2)17(10-13)22-20(26)15-6-8-24(9-7-15)29(27,28)16-11-18(19(21)25)23(3)12-16/h4-5,10-12,15H,6-9H2,1-3H3,(H2,21,25)(H,22,26). The summed E-state index contributed by atoms with van der Waals surface area (Å²) in [6, 6.07) is 7.16. The van der Waals surface area contributed by atoms with E-state index in [1.165, 1.54) is 21.1 Å². The van der Waals surface area contributed by atoms with Crippen molar-refractivity contribution in [3.05, 3.63) is 47.3 Å². The first-order valence-corrected chi connectivity index (χ1v) is 10.9. The van der Waals surface area contributed by atoms with E-state index in [-0.39, 0.29) is 35.5 Å². The second-order valence-electron chi connectivity index (χ2n) is 7.52. The van der Waals surface area contributed by atoms with E-state index in [9.17, 15) is 18.0 Å². The van der Waals surface area contributed by atoms with E-state index >= 15 is 0 Å². The summed E-state index contributed by atoms with van der Waals surface area (Å²) in [6.07, 6.45) is 2.26. The molecule has 1 aromatic heterocycles. The van der Waals surface area contributed by atoms with Crippen LogP contribution in [0, 0.1) is 19.8 Å². The summed E-state index contributed by atoms with van der Waals surface area (Å²) >= 11 is 0. The van der Waals surface area contributed by atoms with Crippen molar-refractivity contribution in [1.29, 1.82) is 0 Å². The van der Waals surface area contributed by atoms with E-state index in [4.69, 9.17) is 5.73 Å². The number of anilines is 1. The number of piperidine rings is 1. The quantitative estimate of drug-likeness (QED) is 0.770. The maximum atomic E-state index is 12.9. The van der Waals surface area contributed by atoms with Crippen LogP contribution in [0.4, 0.5) is 5.69 Å². The van der Waals surface area contributed by atoms with Gasteiger partial charge in [-0.25, -0.2) is 8.42 Å². The summed E-state index contributed by atoms with van der Waals surface area (Å²) in [4.78, 5) is 24.1. The third kappa shape index (κ3) is 4.35. The number of aryl methyl sites for hydroxylation is 3. The monoisotopic (exact) mass is 418 g/mol. The Morgan fingerprint density at radius 1 is 1.14 bits per heavy atom. The molecule has 0 saturated carbocycles. The molecule has 0 bridgehead atoms. The molecule has 0 unspecified atom stereocenters. The highest BCUT2D eigenvalue weighted by Crippen LogP contribution is 2.26. The predicted molar refractivity (Wildman–Crippen MR) is 110 cm³/mol. The van der Waals surface area contributed by atoms with E-state index in [0.29, 0.717) is 12.8 Å². The lowest BCUT2D eigenvalue weighted by molar-refractivity contribution is -0.120. The lowest BCUT2D eigenvalue weighted by atomic mass is 9.97. The van der Waals surface area contributed by atoms with Crippen LogP contribution in [0.2, 0.25) is 0 Å². The Kier molecular flexibility index (Phi) is 5.81. The summed E-state index contributed by atoms with van der Waals surface area (Å²) in [5.41, 5.74) is 8.23. The van der Waals surface area contributed by atoms with E-state index in [0.717, 1.165) is 16.8 Å². The van der Waals surface area contributed by atoms with Crippen molar-refractivity contribution >= 4 is 27.5 Å². The third-order valence-corrected chi connectivity index (χ3v) is 7.21. The van der Waals surface area contributed by atoms with Gasteiger partial charge in [-0.3, -0.25) is 9.59 Å². The molecular formula is C20H26N4O4S. The number of nitrogens with zero attached hydrogens (tertiary/aromatic N) is 2. The minimum Gasteiger partial charge on any atom is -0.364 e. The Morgan fingerprint density at radius 2 is 1.79 bits per heavy atom. The van der Waals surface area contributed by atoms with E-state index in [1.807, 2.05) is 32.0 Å². The Balaban J connectivity index is 1.66. The molecule has 2 aromatic rings. The van der Waals surface area contributed by atoms with Crippen molar-refractivity contribution in [3.63, 3.8) is 0 Å². The number of primary amides is 1. The van der Waals surface area contributed by atoms with Gasteiger partial charge >= 0.3 is 0 Å². The fourth-order valence-corrected chi connectivity index (χ4v) is 5.07. The van der Waals surface area contributed by atoms with Crippen LogP contribution in [0.1, 0.15) is 34.5 Å². The first-order valence-electron chi connectivity index (χ1n) is 9.44. The molecule has 0 atom stereocenters. The van der Waals surface area contributed by atoms with E-state index in [1.54, 1.807) is 7.05 Å². The van der Waals surface area contributed by atoms with Crippen molar-refractivity contribution in [2.24, 2.45) is 18.7 Å². The number of carbonyl (C=O) groups is 2. The molecular weight excluding hydrogens is 392 g/mol. The maximum Gasteiger partial charge on any atom is 0.265 e. The molecule has 0 aliphatic carbocycles. The van der Waals surface area contributed by atoms with Gasteiger partial charge in [-0.05, 0) is 49.9 Å². The van der Waals surface area contributed by atoms with Gasteiger partial charge < -0.3 is 15.6 Å². The summed E-state index contributed by atoms with van der Waals surface area (Å²) in [6.45, 7) is 4.39. The number of hydrogen-bond acceptors (Lipinski definition) is 4. The lowest BCUT2D eigenvalue weighted by Crippen LogP contribution is -2.41. The summed E-state index contributed by atoms with van der Waals surface area (Å²) in [5.74, 6) is -1.03. The van der Waals surface area contributed by atoms with Crippen molar-refractivity contribution in [1.82, 2.24) is 8.87 Å². The first-order chi connectivity index (χ1) is 13.6. The predicted octanol–water partition coefficient (Wildman–Crippen LogP) is 1.78. The van der Waals surface area contributed by atoms with Crippen LogP contribution in [0.3, 0.4) is 0 Å². The fraction of sp³-hybridized carbons (Fsp3) is 0.400. The van der Waals surface area contributed by atoms with Gasteiger partial charge in [0, 0.05) is 37.9 Å². The molecule has 2 amide bonds. The molecule has 1 aliphatic heterocycles. The van der Waals surface area contributed by atoms with Crippen LogP contribution in [-0.4, -0.2) is 42.2 Å². The zero-order chi connectivity index (χ0) is 21.3. The number of carbonyl (C=O) groups excluding carboxylic acids is 2. The molecule has 1 aromatic carbocycles. The maximum absolute atomic E-state index is 12.9. The smallest absolute Gasteiger partial charge is 0.265 e. The molecule has 1 aliphatic rings. The van der Waals surface area contributed by atoms with Crippen LogP contribution < -0.4 is 11.1 Å². The Labute approximate surface area is 170 Å². The zero-order valence-corrected chi connectivity index (χ0v) is 17.6. The van der Waals surface area contributed by atoms with E-state index < -0.39 is 15.9 Å². The Bertz CT molecular complexity index is 1050. The number of nitrogens with one attached hydrogen (secondary N) is 1. The molecule has 8 nitrogen and oxygen atoms in total. The van der Waals surface area contributed by atoms with Crippen LogP contribution in [-0.2, 0) is 21.9 Å². The van der Waals surface area contributed by atoms with Crippen LogP contribution >= 0.6 is 0 Å².